The molecule has 1 aromatic heterocycles. The smallest absolute Gasteiger partial charge is 0.233 e. The number of thiophene rings is 1. The minimum absolute atomic E-state index is 0.178. The fraction of sp³-hybridized carbons (Fsp3) is 0.389. The normalized spacial score (nSPS) is 16.8. The van der Waals surface area contributed by atoms with Gasteiger partial charge in [0.25, 0.3) is 0 Å². The number of halogens is 2. The van der Waals surface area contributed by atoms with E-state index in [0.29, 0.717) is 19.8 Å². The van der Waals surface area contributed by atoms with Crippen LogP contribution in [-0.4, -0.2) is 31.1 Å². The van der Waals surface area contributed by atoms with E-state index in [4.69, 9.17) is 4.74 Å². The van der Waals surface area contributed by atoms with Crippen molar-refractivity contribution in [2.75, 3.05) is 20.3 Å². The van der Waals surface area contributed by atoms with Crippen LogP contribution in [-0.2, 0) is 21.5 Å². The number of likely N-dealkylation sites (N-methyl/N-ethyl adjacent to an activating group) is 1. The predicted molar refractivity (Wildman–Crippen MR) is 104 cm³/mol. The van der Waals surface area contributed by atoms with Gasteiger partial charge < -0.3 is 9.64 Å². The molecule has 1 aromatic carbocycles. The summed E-state index contributed by atoms with van der Waals surface area (Å²) in [6, 6.07) is 10.2. The summed E-state index contributed by atoms with van der Waals surface area (Å²) in [4.78, 5) is 16.4. The van der Waals surface area contributed by atoms with Crippen LogP contribution in [0.15, 0.2) is 44.7 Å². The number of ether oxygens (including phenoxy) is 1. The molecule has 0 atom stereocenters. The summed E-state index contributed by atoms with van der Waals surface area (Å²) >= 11 is 8.62. The Labute approximate surface area is 163 Å². The number of hydrogen-bond donors (Lipinski definition) is 0. The highest BCUT2D eigenvalue weighted by Crippen LogP contribution is 2.37. The molecule has 3 rings (SSSR count). The molecule has 1 aliphatic heterocycles. The average Bonchev–Trinajstić information content (AvgIpc) is 3.00. The molecule has 1 aliphatic rings. The molecular formula is C18H19Br2NO2S. The maximum Gasteiger partial charge on any atom is 0.233 e. The van der Waals surface area contributed by atoms with E-state index in [0.717, 1.165) is 27.4 Å². The van der Waals surface area contributed by atoms with Crippen LogP contribution in [0.3, 0.4) is 0 Å². The van der Waals surface area contributed by atoms with Crippen molar-refractivity contribution in [1.29, 1.82) is 0 Å². The van der Waals surface area contributed by atoms with Gasteiger partial charge >= 0.3 is 0 Å². The number of nitrogens with zero attached hydrogens (tertiary/aromatic N) is 1. The van der Waals surface area contributed by atoms with Crippen LogP contribution in [0.5, 0.6) is 0 Å². The highest BCUT2D eigenvalue weighted by Gasteiger charge is 2.43. The standard InChI is InChI=1S/C18H19Br2NO2S/c1-21(11-16-10-15(20)12-24-16)17(22)18(6-8-23-9-7-18)13-2-4-14(19)5-3-13/h2-5,10,12H,6-9,11H2,1H3. The van der Waals surface area contributed by atoms with E-state index in [1.807, 2.05) is 29.5 Å². The Bertz CT molecular complexity index is 708. The van der Waals surface area contributed by atoms with E-state index in [-0.39, 0.29) is 5.91 Å². The Morgan fingerprint density at radius 2 is 1.88 bits per heavy atom. The van der Waals surface area contributed by atoms with Gasteiger partial charge in [0.2, 0.25) is 5.91 Å². The highest BCUT2D eigenvalue weighted by atomic mass is 79.9. The van der Waals surface area contributed by atoms with Crippen molar-refractivity contribution in [3.8, 4) is 0 Å². The third-order valence-electron chi connectivity index (χ3n) is 4.51. The van der Waals surface area contributed by atoms with E-state index in [1.165, 1.54) is 4.88 Å². The van der Waals surface area contributed by atoms with E-state index in [9.17, 15) is 4.79 Å². The molecule has 0 spiro atoms. The second-order valence-corrected chi connectivity index (χ2v) is 8.92. The maximum atomic E-state index is 13.4. The first-order chi connectivity index (χ1) is 11.5. The predicted octanol–water partition coefficient (Wildman–Crippen LogP) is 4.98. The summed E-state index contributed by atoms with van der Waals surface area (Å²) in [5.41, 5.74) is 0.598. The minimum atomic E-state index is -0.484. The van der Waals surface area contributed by atoms with Gasteiger partial charge in [-0.1, -0.05) is 28.1 Å². The number of hydrogen-bond acceptors (Lipinski definition) is 3. The van der Waals surface area contributed by atoms with Crippen LogP contribution in [0.1, 0.15) is 23.3 Å². The van der Waals surface area contributed by atoms with Crippen LogP contribution in [0.25, 0.3) is 0 Å². The maximum absolute atomic E-state index is 13.4. The third-order valence-corrected chi connectivity index (χ3v) is 6.73. The summed E-state index contributed by atoms with van der Waals surface area (Å²) in [5.74, 6) is 0.178. The molecule has 1 amide bonds. The summed E-state index contributed by atoms with van der Waals surface area (Å²) in [7, 11) is 1.89. The molecule has 0 bridgehead atoms. The Morgan fingerprint density at radius 3 is 2.46 bits per heavy atom. The SMILES string of the molecule is CN(Cc1cc(Br)cs1)C(=O)C1(c2ccc(Br)cc2)CCOCC1. The Kier molecular flexibility index (Phi) is 5.80. The second kappa shape index (κ2) is 7.68. The van der Waals surface area contributed by atoms with Crippen LogP contribution < -0.4 is 0 Å². The lowest BCUT2D eigenvalue weighted by molar-refractivity contribution is -0.140. The van der Waals surface area contributed by atoms with Crippen molar-refractivity contribution >= 4 is 49.1 Å². The number of rotatable bonds is 4. The zero-order valence-electron chi connectivity index (χ0n) is 13.4. The van der Waals surface area contributed by atoms with Gasteiger partial charge in [0.1, 0.15) is 0 Å². The first kappa shape index (κ1) is 18.1. The number of carbonyl (C=O) groups is 1. The molecule has 2 heterocycles. The molecule has 0 aliphatic carbocycles. The lowest BCUT2D eigenvalue weighted by Gasteiger charge is -2.39. The monoisotopic (exact) mass is 471 g/mol. The Balaban J connectivity index is 1.87. The van der Waals surface area contributed by atoms with Crippen molar-refractivity contribution < 1.29 is 9.53 Å². The quantitative estimate of drug-likeness (QED) is 0.627. The topological polar surface area (TPSA) is 29.5 Å². The minimum Gasteiger partial charge on any atom is -0.381 e. The number of amides is 1. The molecule has 3 nitrogen and oxygen atoms in total. The fourth-order valence-electron chi connectivity index (χ4n) is 3.22. The second-order valence-electron chi connectivity index (χ2n) is 6.09. The molecule has 0 saturated carbocycles. The van der Waals surface area contributed by atoms with Crippen molar-refractivity contribution in [1.82, 2.24) is 4.90 Å². The molecule has 0 radical (unpaired) electrons. The number of carbonyl (C=O) groups excluding carboxylic acids is 1. The Hall–Kier alpha value is -0.690. The van der Waals surface area contributed by atoms with Crippen LogP contribution >= 0.6 is 43.2 Å². The van der Waals surface area contributed by atoms with Crippen molar-refractivity contribution in [3.63, 3.8) is 0 Å². The summed E-state index contributed by atoms with van der Waals surface area (Å²) in [6.07, 6.45) is 1.46. The van der Waals surface area contributed by atoms with Crippen LogP contribution in [0, 0.1) is 0 Å². The average molecular weight is 473 g/mol. The van der Waals surface area contributed by atoms with Gasteiger partial charge in [0.05, 0.1) is 12.0 Å². The van der Waals surface area contributed by atoms with Gasteiger partial charge in [-0.3, -0.25) is 4.79 Å². The van der Waals surface area contributed by atoms with E-state index in [2.05, 4.69) is 50.1 Å². The van der Waals surface area contributed by atoms with Crippen molar-refractivity contribution in [2.45, 2.75) is 24.8 Å². The zero-order chi connectivity index (χ0) is 17.2. The van der Waals surface area contributed by atoms with Gasteiger partial charge in [-0.25, -0.2) is 0 Å². The molecular weight excluding hydrogens is 454 g/mol. The summed E-state index contributed by atoms with van der Waals surface area (Å²) in [5, 5.41) is 2.05. The van der Waals surface area contributed by atoms with Gasteiger partial charge in [0.15, 0.2) is 0 Å². The van der Waals surface area contributed by atoms with E-state index < -0.39 is 5.41 Å². The fourth-order valence-corrected chi connectivity index (χ4v) is 4.99. The third kappa shape index (κ3) is 3.77. The lowest BCUT2D eigenvalue weighted by Crippen LogP contribution is -2.48. The van der Waals surface area contributed by atoms with Gasteiger partial charge in [-0.2, -0.15) is 0 Å². The molecule has 2 aromatic rings. The lowest BCUT2D eigenvalue weighted by atomic mass is 9.73. The first-order valence-electron chi connectivity index (χ1n) is 7.83. The summed E-state index contributed by atoms with van der Waals surface area (Å²) < 4.78 is 7.63. The molecule has 6 heteroatoms. The van der Waals surface area contributed by atoms with E-state index in [1.54, 1.807) is 11.3 Å². The molecule has 0 N–H and O–H groups in total. The van der Waals surface area contributed by atoms with Gasteiger partial charge in [-0.15, -0.1) is 11.3 Å². The summed E-state index contributed by atoms with van der Waals surface area (Å²) in [6.45, 7) is 1.88. The molecule has 1 saturated heterocycles. The highest BCUT2D eigenvalue weighted by molar-refractivity contribution is 9.10. The van der Waals surface area contributed by atoms with E-state index >= 15 is 0 Å². The van der Waals surface area contributed by atoms with Gasteiger partial charge in [0, 0.05) is 39.5 Å². The molecule has 1 fully saturated rings. The number of benzene rings is 1. The van der Waals surface area contributed by atoms with Crippen molar-refractivity contribution in [3.05, 3.63) is 55.1 Å². The molecule has 0 unspecified atom stereocenters. The molecule has 24 heavy (non-hydrogen) atoms. The van der Waals surface area contributed by atoms with Crippen molar-refractivity contribution in [2.24, 2.45) is 0 Å². The molecule has 128 valence electrons. The zero-order valence-corrected chi connectivity index (χ0v) is 17.4. The van der Waals surface area contributed by atoms with Crippen LogP contribution in [0.2, 0.25) is 0 Å². The first-order valence-corrected chi connectivity index (χ1v) is 10.3. The van der Waals surface area contributed by atoms with Gasteiger partial charge in [-0.05, 0) is 52.5 Å². The largest absolute Gasteiger partial charge is 0.381 e. The van der Waals surface area contributed by atoms with Crippen LogP contribution in [0.4, 0.5) is 0 Å². The Morgan fingerprint density at radius 1 is 1.21 bits per heavy atom.